The van der Waals surface area contributed by atoms with Crippen LogP contribution in [0.4, 0.5) is 0 Å². The molecule has 0 spiro atoms. The third-order valence-corrected chi connectivity index (χ3v) is 8.45. The minimum absolute atomic E-state index is 0.336. The maximum atomic E-state index is 10.4. The monoisotopic (exact) mass is 536 g/mol. The van der Waals surface area contributed by atoms with Gasteiger partial charge in [-0.3, -0.25) is 4.79 Å². The van der Waals surface area contributed by atoms with Gasteiger partial charge in [-0.05, 0) is 19.3 Å². The first kappa shape index (κ1) is 22.9. The Hall–Kier alpha value is 0.930. The van der Waals surface area contributed by atoms with E-state index >= 15 is 0 Å². The zero-order valence-corrected chi connectivity index (χ0v) is 18.5. The third kappa shape index (κ3) is 15.8. The van der Waals surface area contributed by atoms with Crippen molar-refractivity contribution >= 4 is 51.2 Å². The van der Waals surface area contributed by atoms with Crippen molar-refractivity contribution in [1.29, 1.82) is 0 Å². The van der Waals surface area contributed by atoms with Gasteiger partial charge < -0.3 is 5.11 Å². The second kappa shape index (κ2) is 16.8. The summed E-state index contributed by atoms with van der Waals surface area (Å²) >= 11 is 5.28. The van der Waals surface area contributed by atoms with Crippen LogP contribution in [0.1, 0.15) is 96.8 Å². The lowest BCUT2D eigenvalue weighted by Crippen LogP contribution is -2.13. The van der Waals surface area contributed by atoms with Crippen LogP contribution in [0.5, 0.6) is 0 Å². The molecule has 0 aliphatic carbocycles. The zero-order chi connectivity index (χ0) is 16.6. The van der Waals surface area contributed by atoms with Crippen molar-refractivity contribution in [2.24, 2.45) is 0 Å². The highest BCUT2D eigenvalue weighted by molar-refractivity contribution is 14.1. The summed E-state index contributed by atoms with van der Waals surface area (Å²) < 4.78 is 1.62. The number of hydrogen-bond donors (Lipinski definition) is 1. The first-order chi connectivity index (χ1) is 10.6. The molecule has 22 heavy (non-hydrogen) atoms. The Morgan fingerprint density at radius 3 is 1.64 bits per heavy atom. The van der Waals surface area contributed by atoms with E-state index in [0.29, 0.717) is 6.42 Å². The summed E-state index contributed by atoms with van der Waals surface area (Å²) in [6.07, 6.45) is 17.1. The Bertz CT molecular complexity index is 259. The molecule has 0 amide bonds. The van der Waals surface area contributed by atoms with Crippen LogP contribution in [0.3, 0.4) is 0 Å². The van der Waals surface area contributed by atoms with Gasteiger partial charge in [0.15, 0.2) is 0 Å². The molecule has 0 bridgehead atoms. The third-order valence-electron chi connectivity index (χ3n) is 4.10. The van der Waals surface area contributed by atoms with Gasteiger partial charge in [0.1, 0.15) is 0 Å². The SMILES string of the molecule is CCCCCCCC[C@@H](I)[C@H](I)CCCCCCCC(=O)O. The van der Waals surface area contributed by atoms with Crippen LogP contribution >= 0.6 is 45.2 Å². The Labute approximate surface area is 164 Å². The van der Waals surface area contributed by atoms with Crippen molar-refractivity contribution in [3.63, 3.8) is 0 Å². The molecule has 4 heteroatoms. The highest BCUT2D eigenvalue weighted by atomic mass is 127. The number of carboxylic acid groups (broad SMARTS) is 1. The molecule has 0 radical (unpaired) electrons. The molecule has 2 atom stereocenters. The molecule has 0 aromatic carbocycles. The summed E-state index contributed by atoms with van der Waals surface area (Å²) in [5.41, 5.74) is 0. The summed E-state index contributed by atoms with van der Waals surface area (Å²) in [5.74, 6) is -0.658. The molecule has 0 saturated heterocycles. The van der Waals surface area contributed by atoms with Gasteiger partial charge in [0.25, 0.3) is 0 Å². The molecule has 0 aliphatic heterocycles. The summed E-state index contributed by atoms with van der Waals surface area (Å²) in [5, 5.41) is 8.58. The first-order valence-electron chi connectivity index (χ1n) is 9.07. The molecule has 1 N–H and O–H groups in total. The van der Waals surface area contributed by atoms with Gasteiger partial charge >= 0.3 is 5.97 Å². The Balaban J connectivity index is 3.38. The Morgan fingerprint density at radius 1 is 0.773 bits per heavy atom. The minimum atomic E-state index is -0.658. The summed E-state index contributed by atoms with van der Waals surface area (Å²) in [7, 11) is 0. The van der Waals surface area contributed by atoms with E-state index in [2.05, 4.69) is 52.1 Å². The summed E-state index contributed by atoms with van der Waals surface area (Å²) in [6.45, 7) is 2.27. The van der Waals surface area contributed by atoms with Crippen LogP contribution < -0.4 is 0 Å². The van der Waals surface area contributed by atoms with E-state index in [0.717, 1.165) is 20.7 Å². The molecule has 0 unspecified atom stereocenters. The predicted octanol–water partition coefficient (Wildman–Crippen LogP) is 7.16. The fourth-order valence-electron chi connectivity index (χ4n) is 2.63. The Kier molecular flexibility index (Phi) is 17.5. The van der Waals surface area contributed by atoms with Crippen LogP contribution in [0.2, 0.25) is 0 Å². The molecule has 0 saturated carbocycles. The van der Waals surface area contributed by atoms with Crippen molar-refractivity contribution in [2.45, 2.75) is 105 Å². The highest BCUT2D eigenvalue weighted by Gasteiger charge is 2.14. The lowest BCUT2D eigenvalue weighted by atomic mass is 10.0. The molecular formula is C18H34I2O2. The van der Waals surface area contributed by atoms with Crippen LogP contribution in [0.25, 0.3) is 0 Å². The second-order valence-corrected chi connectivity index (χ2v) is 9.49. The van der Waals surface area contributed by atoms with Gasteiger partial charge in [-0.25, -0.2) is 0 Å². The van der Waals surface area contributed by atoms with Crippen LogP contribution in [0, 0.1) is 0 Å². The second-order valence-electron chi connectivity index (χ2n) is 6.29. The van der Waals surface area contributed by atoms with Crippen molar-refractivity contribution in [2.75, 3.05) is 0 Å². The maximum Gasteiger partial charge on any atom is 0.303 e. The van der Waals surface area contributed by atoms with Gasteiger partial charge in [0.2, 0.25) is 0 Å². The minimum Gasteiger partial charge on any atom is -0.481 e. The van der Waals surface area contributed by atoms with Gasteiger partial charge in [-0.1, -0.05) is 116 Å². The summed E-state index contributed by atoms with van der Waals surface area (Å²) in [4.78, 5) is 10.4. The van der Waals surface area contributed by atoms with E-state index in [1.807, 2.05) is 0 Å². The topological polar surface area (TPSA) is 37.3 Å². The van der Waals surface area contributed by atoms with Crippen LogP contribution in [-0.4, -0.2) is 18.9 Å². The first-order valence-corrected chi connectivity index (χ1v) is 11.6. The fraction of sp³-hybridized carbons (Fsp3) is 0.944. The number of hydrogen-bond acceptors (Lipinski definition) is 1. The van der Waals surface area contributed by atoms with Crippen molar-refractivity contribution in [1.82, 2.24) is 0 Å². The zero-order valence-electron chi connectivity index (χ0n) is 14.2. The van der Waals surface area contributed by atoms with Crippen molar-refractivity contribution in [3.8, 4) is 0 Å². The van der Waals surface area contributed by atoms with Gasteiger partial charge in [-0.2, -0.15) is 0 Å². The molecule has 132 valence electrons. The molecule has 0 aromatic rings. The number of rotatable bonds is 16. The fourth-order valence-corrected chi connectivity index (χ4v) is 4.23. The van der Waals surface area contributed by atoms with Crippen molar-refractivity contribution in [3.05, 3.63) is 0 Å². The predicted molar refractivity (Wildman–Crippen MR) is 114 cm³/mol. The highest BCUT2D eigenvalue weighted by Crippen LogP contribution is 2.26. The number of unbranched alkanes of at least 4 members (excludes halogenated alkanes) is 9. The molecule has 0 heterocycles. The standard InChI is InChI=1S/C18H34I2O2/c1-2-3-4-5-7-10-13-16(19)17(20)14-11-8-6-9-12-15-18(21)22/h16-17H,2-15H2,1H3,(H,21,22)/t16-,17-/m1/s1. The normalized spacial score (nSPS) is 14.0. The number of alkyl halides is 2. The Morgan fingerprint density at radius 2 is 1.18 bits per heavy atom. The molecular weight excluding hydrogens is 502 g/mol. The lowest BCUT2D eigenvalue weighted by Gasteiger charge is -2.16. The number of halogens is 2. The van der Waals surface area contributed by atoms with E-state index < -0.39 is 5.97 Å². The number of carbonyl (C=O) groups is 1. The lowest BCUT2D eigenvalue weighted by molar-refractivity contribution is -0.137. The van der Waals surface area contributed by atoms with Crippen molar-refractivity contribution < 1.29 is 9.90 Å². The molecule has 0 fully saturated rings. The van der Waals surface area contributed by atoms with E-state index in [1.54, 1.807) is 0 Å². The number of aliphatic carboxylic acids is 1. The van der Waals surface area contributed by atoms with E-state index in [1.165, 1.54) is 70.6 Å². The van der Waals surface area contributed by atoms with Gasteiger partial charge in [0, 0.05) is 14.3 Å². The van der Waals surface area contributed by atoms with E-state index in [-0.39, 0.29) is 0 Å². The summed E-state index contributed by atoms with van der Waals surface area (Å²) in [6, 6.07) is 0. The van der Waals surface area contributed by atoms with Crippen LogP contribution in [0.15, 0.2) is 0 Å². The largest absolute Gasteiger partial charge is 0.481 e. The van der Waals surface area contributed by atoms with Gasteiger partial charge in [0.05, 0.1) is 0 Å². The van der Waals surface area contributed by atoms with E-state index in [9.17, 15) is 4.79 Å². The molecule has 0 aromatic heterocycles. The molecule has 0 aliphatic rings. The molecule has 2 nitrogen and oxygen atoms in total. The number of carboxylic acids is 1. The van der Waals surface area contributed by atoms with Gasteiger partial charge in [-0.15, -0.1) is 0 Å². The average Bonchev–Trinajstić information content (AvgIpc) is 2.49. The quantitative estimate of drug-likeness (QED) is 0.129. The van der Waals surface area contributed by atoms with Crippen LogP contribution in [-0.2, 0) is 4.79 Å². The molecule has 0 rings (SSSR count). The smallest absolute Gasteiger partial charge is 0.303 e. The van der Waals surface area contributed by atoms with E-state index in [4.69, 9.17) is 5.11 Å². The average molecular weight is 536 g/mol. The maximum absolute atomic E-state index is 10.4.